The van der Waals surface area contributed by atoms with Crippen LogP contribution in [0.4, 0.5) is 5.69 Å². The number of hydrogen-bond donors (Lipinski definition) is 0. The van der Waals surface area contributed by atoms with E-state index in [9.17, 15) is 0 Å². The molecule has 22 heavy (non-hydrogen) atoms. The zero-order valence-corrected chi connectivity index (χ0v) is 12.1. The Hall–Kier alpha value is -2.88. The van der Waals surface area contributed by atoms with E-state index < -0.39 is 0 Å². The van der Waals surface area contributed by atoms with Gasteiger partial charge in [0, 0.05) is 13.0 Å². The van der Waals surface area contributed by atoms with E-state index in [0.717, 1.165) is 25.2 Å². The first-order valence-electron chi connectivity index (χ1n) is 6.92. The number of rotatable bonds is 4. The van der Waals surface area contributed by atoms with Crippen molar-refractivity contribution in [2.45, 2.75) is 12.5 Å². The highest BCUT2D eigenvalue weighted by molar-refractivity contribution is 5.47. The van der Waals surface area contributed by atoms with Crippen LogP contribution in [0.25, 0.3) is 0 Å². The highest BCUT2D eigenvalue weighted by atomic mass is 16.5. The number of pyridine rings is 1. The Morgan fingerprint density at radius 3 is 2.68 bits per heavy atom. The Balaban J connectivity index is 1.60. The van der Waals surface area contributed by atoms with Crippen molar-refractivity contribution in [3.05, 3.63) is 36.4 Å². The van der Waals surface area contributed by atoms with Crippen molar-refractivity contribution >= 4 is 5.69 Å². The average molecular weight is 297 g/mol. The molecule has 1 unspecified atom stereocenters. The molecule has 2 aromatic rings. The molecule has 7 heteroatoms. The summed E-state index contributed by atoms with van der Waals surface area (Å²) in [5.41, 5.74) is 1.41. The minimum absolute atomic E-state index is 0.0315. The molecule has 0 aliphatic carbocycles. The van der Waals surface area contributed by atoms with Crippen molar-refractivity contribution in [3.8, 4) is 17.8 Å². The van der Waals surface area contributed by atoms with Crippen LogP contribution in [-0.2, 0) is 0 Å². The van der Waals surface area contributed by atoms with Crippen molar-refractivity contribution in [1.29, 1.82) is 5.26 Å². The lowest BCUT2D eigenvalue weighted by Gasteiger charge is -2.18. The SMILES string of the molecule is COc1cnc(OC2CCN(c3ccc(C#N)nc3)C2)nc1. The summed E-state index contributed by atoms with van der Waals surface area (Å²) in [5.74, 6) is 0.601. The normalized spacial score (nSPS) is 17.1. The third kappa shape index (κ3) is 3.06. The second kappa shape index (κ2) is 6.26. The van der Waals surface area contributed by atoms with Crippen LogP contribution >= 0.6 is 0 Å². The summed E-state index contributed by atoms with van der Waals surface area (Å²) in [5, 5.41) is 8.77. The van der Waals surface area contributed by atoms with E-state index in [1.54, 1.807) is 31.8 Å². The number of aromatic nitrogens is 3. The molecule has 1 fully saturated rings. The van der Waals surface area contributed by atoms with E-state index in [1.807, 2.05) is 12.1 Å². The van der Waals surface area contributed by atoms with Crippen molar-refractivity contribution in [2.75, 3.05) is 25.1 Å². The van der Waals surface area contributed by atoms with E-state index in [0.29, 0.717) is 17.5 Å². The Bertz CT molecular complexity index is 666. The second-order valence-corrected chi connectivity index (χ2v) is 4.89. The lowest BCUT2D eigenvalue weighted by molar-refractivity contribution is 0.205. The number of methoxy groups -OCH3 is 1. The molecular formula is C15H15N5O2. The molecule has 0 amide bonds. The zero-order valence-electron chi connectivity index (χ0n) is 12.1. The van der Waals surface area contributed by atoms with Crippen molar-refractivity contribution in [2.24, 2.45) is 0 Å². The number of nitriles is 1. The van der Waals surface area contributed by atoms with E-state index >= 15 is 0 Å². The summed E-state index contributed by atoms with van der Waals surface area (Å²) in [7, 11) is 1.57. The minimum Gasteiger partial charge on any atom is -0.494 e. The highest BCUT2D eigenvalue weighted by Crippen LogP contribution is 2.22. The van der Waals surface area contributed by atoms with Gasteiger partial charge in [0.1, 0.15) is 17.9 Å². The lowest BCUT2D eigenvalue weighted by atomic mass is 10.3. The molecule has 3 heterocycles. The topological polar surface area (TPSA) is 84.2 Å². The molecule has 0 aromatic carbocycles. The van der Waals surface area contributed by atoms with E-state index in [2.05, 4.69) is 19.9 Å². The first kappa shape index (κ1) is 14.1. The first-order chi connectivity index (χ1) is 10.8. The van der Waals surface area contributed by atoms with Gasteiger partial charge in [-0.3, -0.25) is 0 Å². The van der Waals surface area contributed by atoms with Gasteiger partial charge >= 0.3 is 6.01 Å². The van der Waals surface area contributed by atoms with Gasteiger partial charge < -0.3 is 14.4 Å². The van der Waals surface area contributed by atoms with E-state index in [1.165, 1.54) is 0 Å². The third-order valence-corrected chi connectivity index (χ3v) is 3.48. The average Bonchev–Trinajstić information content (AvgIpc) is 3.04. The fraction of sp³-hybridized carbons (Fsp3) is 0.333. The molecule has 0 N–H and O–H groups in total. The molecule has 2 aromatic heterocycles. The molecule has 1 aliphatic rings. The third-order valence-electron chi connectivity index (χ3n) is 3.48. The molecule has 0 spiro atoms. The molecule has 1 atom stereocenters. The molecule has 1 aliphatic heterocycles. The Morgan fingerprint density at radius 1 is 1.23 bits per heavy atom. The van der Waals surface area contributed by atoms with Crippen LogP contribution in [0.5, 0.6) is 11.8 Å². The molecule has 1 saturated heterocycles. The van der Waals surface area contributed by atoms with Crippen LogP contribution < -0.4 is 14.4 Å². The van der Waals surface area contributed by atoms with Crippen molar-refractivity contribution in [1.82, 2.24) is 15.0 Å². The first-order valence-corrected chi connectivity index (χ1v) is 6.92. The smallest absolute Gasteiger partial charge is 0.316 e. The lowest BCUT2D eigenvalue weighted by Crippen LogP contribution is -2.25. The van der Waals surface area contributed by atoms with Gasteiger partial charge in [-0.2, -0.15) is 15.2 Å². The van der Waals surface area contributed by atoms with Gasteiger partial charge in [-0.05, 0) is 12.1 Å². The summed E-state index contributed by atoms with van der Waals surface area (Å²) in [4.78, 5) is 14.5. The van der Waals surface area contributed by atoms with Crippen LogP contribution in [0.15, 0.2) is 30.7 Å². The molecule has 0 bridgehead atoms. The van der Waals surface area contributed by atoms with Gasteiger partial charge in [-0.25, -0.2) is 4.98 Å². The number of hydrogen-bond acceptors (Lipinski definition) is 7. The minimum atomic E-state index is 0.0315. The largest absolute Gasteiger partial charge is 0.494 e. The molecule has 0 radical (unpaired) electrons. The van der Waals surface area contributed by atoms with Crippen LogP contribution in [0.3, 0.4) is 0 Å². The summed E-state index contributed by atoms with van der Waals surface area (Å²) < 4.78 is 10.8. The van der Waals surface area contributed by atoms with Gasteiger partial charge in [0.05, 0.1) is 37.9 Å². The maximum Gasteiger partial charge on any atom is 0.316 e. The molecule has 3 rings (SSSR count). The van der Waals surface area contributed by atoms with Gasteiger partial charge in [-0.1, -0.05) is 0 Å². The number of nitrogens with zero attached hydrogens (tertiary/aromatic N) is 5. The van der Waals surface area contributed by atoms with Crippen LogP contribution in [0, 0.1) is 11.3 Å². The van der Waals surface area contributed by atoms with E-state index in [4.69, 9.17) is 14.7 Å². The van der Waals surface area contributed by atoms with E-state index in [-0.39, 0.29) is 6.10 Å². The quantitative estimate of drug-likeness (QED) is 0.843. The summed E-state index contributed by atoms with van der Waals surface area (Å²) in [6.45, 7) is 1.61. The van der Waals surface area contributed by atoms with Crippen molar-refractivity contribution in [3.63, 3.8) is 0 Å². The number of anilines is 1. The molecular weight excluding hydrogens is 282 g/mol. The molecule has 7 nitrogen and oxygen atoms in total. The van der Waals surface area contributed by atoms with Crippen LogP contribution in [0.1, 0.15) is 12.1 Å². The standard InChI is InChI=1S/C15H15N5O2/c1-21-14-8-18-15(19-9-14)22-13-4-5-20(10-13)12-3-2-11(6-16)17-7-12/h2-3,7-9,13H,4-5,10H2,1H3. The predicted molar refractivity (Wildman–Crippen MR) is 78.8 cm³/mol. The maximum absolute atomic E-state index is 8.77. The Kier molecular flexibility index (Phi) is 4.01. The monoisotopic (exact) mass is 297 g/mol. The maximum atomic E-state index is 8.77. The molecule has 0 saturated carbocycles. The van der Waals surface area contributed by atoms with Gasteiger partial charge in [0.15, 0.2) is 5.75 Å². The molecule has 112 valence electrons. The summed E-state index contributed by atoms with van der Waals surface area (Å²) in [6, 6.07) is 5.99. The summed E-state index contributed by atoms with van der Waals surface area (Å²) in [6.07, 6.45) is 5.79. The van der Waals surface area contributed by atoms with Gasteiger partial charge in [0.25, 0.3) is 0 Å². The fourth-order valence-corrected chi connectivity index (χ4v) is 2.32. The second-order valence-electron chi connectivity index (χ2n) is 4.89. The van der Waals surface area contributed by atoms with Gasteiger partial charge in [-0.15, -0.1) is 0 Å². The Morgan fingerprint density at radius 2 is 2.05 bits per heavy atom. The van der Waals surface area contributed by atoms with Crippen LogP contribution in [0.2, 0.25) is 0 Å². The van der Waals surface area contributed by atoms with Crippen molar-refractivity contribution < 1.29 is 9.47 Å². The van der Waals surface area contributed by atoms with Crippen LogP contribution in [-0.4, -0.2) is 41.3 Å². The zero-order chi connectivity index (χ0) is 15.4. The predicted octanol–water partition coefficient (Wildman–Crippen LogP) is 1.41. The summed E-state index contributed by atoms with van der Waals surface area (Å²) >= 11 is 0. The fourth-order valence-electron chi connectivity index (χ4n) is 2.32. The highest BCUT2D eigenvalue weighted by Gasteiger charge is 2.25. The Labute approximate surface area is 128 Å². The van der Waals surface area contributed by atoms with Gasteiger partial charge in [0.2, 0.25) is 0 Å². The number of ether oxygens (including phenoxy) is 2.